The van der Waals surface area contributed by atoms with Gasteiger partial charge >= 0.3 is 0 Å². The molecule has 6 nitrogen and oxygen atoms in total. The van der Waals surface area contributed by atoms with Gasteiger partial charge in [0, 0.05) is 88.3 Å². The molecule has 0 aliphatic rings. The minimum atomic E-state index is 0.911. The molecule has 554 valence electrons. The second kappa shape index (κ2) is 29.3. The zero-order valence-electron chi connectivity index (χ0n) is 64.3. The number of fused-ring (bicyclic) bond motifs is 13. The van der Waals surface area contributed by atoms with Crippen LogP contribution >= 0.6 is 0 Å². The highest BCUT2D eigenvalue weighted by Crippen LogP contribution is 2.45. The van der Waals surface area contributed by atoms with E-state index in [2.05, 4.69) is 444 Å². The van der Waals surface area contributed by atoms with Crippen LogP contribution in [0.3, 0.4) is 0 Å². The number of rotatable bonds is 14. The van der Waals surface area contributed by atoms with E-state index in [1.165, 1.54) is 98.9 Å². The molecule has 0 aliphatic heterocycles. The normalized spacial score (nSPS) is 11.6. The van der Waals surface area contributed by atoms with Crippen LogP contribution in [-0.4, -0.2) is 9.13 Å². The average molecular weight is 1510 g/mol. The standard InChI is InChI=1S/C58H38N2O.C54H36N2O/c1-2-15-49-43(11-1)12-10-21-54(49)59(46-32-27-40(28-33-46)39-23-25-41(26-24-39)45-31-36-53-52-18-5-8-22-57(52)61-58(53)38-45)47-34-29-42(30-35-47)44-13-9-14-48(37-44)60-55-19-6-3-16-50(55)51-17-4-7-20-56(51)60;1-2-12-43(13-3-1)55(44-30-25-38(26-31-44)37-21-23-39(24-22-37)42-29-34-50-49-17-6-9-20-53(49)57-54(50)36-42)45-32-27-40(28-33-45)41-11-10-14-46(35-41)56-51-18-7-4-15-47(51)48-16-5-8-19-52(48)56/h1-38H;1-36H. The first-order valence-electron chi connectivity index (χ1n) is 40.2. The fourth-order valence-electron chi connectivity index (χ4n) is 17.6. The fraction of sp³-hybridized carbons (Fsp3) is 0. The van der Waals surface area contributed by atoms with Gasteiger partial charge < -0.3 is 27.8 Å². The molecule has 23 aromatic rings. The van der Waals surface area contributed by atoms with Crippen LogP contribution in [0.15, 0.2) is 458 Å². The van der Waals surface area contributed by atoms with Crippen molar-refractivity contribution in [1.29, 1.82) is 0 Å². The summed E-state index contributed by atoms with van der Waals surface area (Å²) in [6.07, 6.45) is 0. The zero-order chi connectivity index (χ0) is 78.0. The van der Waals surface area contributed by atoms with E-state index in [1.54, 1.807) is 0 Å². The third kappa shape index (κ3) is 12.5. The molecule has 4 heterocycles. The van der Waals surface area contributed by atoms with Gasteiger partial charge in [-0.1, -0.05) is 297 Å². The first-order valence-corrected chi connectivity index (χ1v) is 40.2. The first kappa shape index (κ1) is 69.0. The van der Waals surface area contributed by atoms with Crippen LogP contribution in [0.5, 0.6) is 0 Å². The average Bonchev–Trinajstić information content (AvgIpc) is 1.59. The quantitative estimate of drug-likeness (QED) is 0.109. The Morgan fingerprint density at radius 2 is 0.432 bits per heavy atom. The van der Waals surface area contributed by atoms with Crippen molar-refractivity contribution >= 4 is 132 Å². The molecule has 0 fully saturated rings. The van der Waals surface area contributed by atoms with Gasteiger partial charge in [0.2, 0.25) is 0 Å². The third-order valence-electron chi connectivity index (χ3n) is 23.4. The Morgan fingerprint density at radius 1 is 0.161 bits per heavy atom. The monoisotopic (exact) mass is 1510 g/mol. The van der Waals surface area contributed by atoms with Gasteiger partial charge in [-0.05, 0) is 224 Å². The van der Waals surface area contributed by atoms with E-state index in [4.69, 9.17) is 8.83 Å². The van der Waals surface area contributed by atoms with Crippen molar-refractivity contribution in [2.45, 2.75) is 0 Å². The number of aromatic nitrogens is 2. The second-order valence-corrected chi connectivity index (χ2v) is 30.3. The van der Waals surface area contributed by atoms with Gasteiger partial charge in [0.05, 0.1) is 27.8 Å². The molecule has 6 heteroatoms. The summed E-state index contributed by atoms with van der Waals surface area (Å²) in [5.74, 6) is 0. The molecule has 0 radical (unpaired) electrons. The van der Waals surface area contributed by atoms with Crippen LogP contribution in [0, 0.1) is 0 Å². The van der Waals surface area contributed by atoms with Crippen LogP contribution in [0.4, 0.5) is 34.1 Å². The molecular formula is C112H74N4O2. The molecule has 4 aromatic heterocycles. The number of benzene rings is 19. The van der Waals surface area contributed by atoms with Gasteiger partial charge in [-0.2, -0.15) is 0 Å². The molecule has 0 saturated carbocycles. The van der Waals surface area contributed by atoms with Crippen molar-refractivity contribution in [3.8, 4) is 78.1 Å². The van der Waals surface area contributed by atoms with E-state index in [0.717, 1.165) is 112 Å². The first-order chi connectivity index (χ1) is 58.5. The van der Waals surface area contributed by atoms with Gasteiger partial charge in [-0.3, -0.25) is 0 Å². The number of furan rings is 2. The lowest BCUT2D eigenvalue weighted by atomic mass is 9.99. The Hall–Kier alpha value is -15.8. The van der Waals surface area contributed by atoms with Crippen molar-refractivity contribution in [3.63, 3.8) is 0 Å². The zero-order valence-corrected chi connectivity index (χ0v) is 64.3. The van der Waals surface area contributed by atoms with E-state index >= 15 is 0 Å². The summed E-state index contributed by atoms with van der Waals surface area (Å²) < 4.78 is 17.1. The highest BCUT2D eigenvalue weighted by molar-refractivity contribution is 6.12. The van der Waals surface area contributed by atoms with E-state index < -0.39 is 0 Å². The predicted octanol–water partition coefficient (Wildman–Crippen LogP) is 31.5. The van der Waals surface area contributed by atoms with Gasteiger partial charge in [-0.25, -0.2) is 0 Å². The molecule has 19 aromatic carbocycles. The van der Waals surface area contributed by atoms with Gasteiger partial charge in [0.15, 0.2) is 0 Å². The maximum atomic E-state index is 6.19. The topological polar surface area (TPSA) is 42.6 Å². The molecule has 23 rings (SSSR count). The molecule has 0 saturated heterocycles. The number of anilines is 6. The summed E-state index contributed by atoms with van der Waals surface area (Å²) in [6, 6.07) is 161. The van der Waals surface area contributed by atoms with E-state index in [-0.39, 0.29) is 0 Å². The molecule has 0 aliphatic carbocycles. The van der Waals surface area contributed by atoms with Crippen LogP contribution < -0.4 is 9.80 Å². The van der Waals surface area contributed by atoms with Crippen molar-refractivity contribution in [1.82, 2.24) is 9.13 Å². The molecule has 0 spiro atoms. The Kier molecular flexibility index (Phi) is 17.1. The van der Waals surface area contributed by atoms with Crippen molar-refractivity contribution in [2.75, 3.05) is 9.80 Å². The molecule has 0 unspecified atom stereocenters. The summed E-state index contributed by atoms with van der Waals surface area (Å²) in [4.78, 5) is 4.70. The van der Waals surface area contributed by atoms with Crippen molar-refractivity contribution < 1.29 is 8.83 Å². The SMILES string of the molecule is c1cc(-c2ccc(N(c3ccc(-c4ccc(-c5ccc6c(c5)oc5ccccc56)cc4)cc3)c3cccc4ccccc34)cc2)cc(-n2c3ccccc3c3ccccc32)c1.c1ccc(N(c2ccc(-c3ccc(-c4ccc5c(c4)oc4ccccc45)cc3)cc2)c2ccc(-c3cccc(-n4c5ccccc5c5ccccc54)c3)cc2)cc1. The Labute approximate surface area is 682 Å². The largest absolute Gasteiger partial charge is 0.456 e. The van der Waals surface area contributed by atoms with E-state index in [9.17, 15) is 0 Å². The number of nitrogens with zero attached hydrogens (tertiary/aromatic N) is 4. The van der Waals surface area contributed by atoms with Crippen LogP contribution in [0.2, 0.25) is 0 Å². The maximum Gasteiger partial charge on any atom is 0.136 e. The Morgan fingerprint density at radius 3 is 0.831 bits per heavy atom. The fourth-order valence-corrected chi connectivity index (χ4v) is 17.6. The number of hydrogen-bond donors (Lipinski definition) is 0. The van der Waals surface area contributed by atoms with Gasteiger partial charge in [-0.15, -0.1) is 0 Å². The molecule has 0 atom stereocenters. The second-order valence-electron chi connectivity index (χ2n) is 30.3. The lowest BCUT2D eigenvalue weighted by Crippen LogP contribution is -2.10. The molecule has 118 heavy (non-hydrogen) atoms. The van der Waals surface area contributed by atoms with Gasteiger partial charge in [0.1, 0.15) is 22.3 Å². The predicted molar refractivity (Wildman–Crippen MR) is 496 cm³/mol. The molecule has 0 bridgehead atoms. The Bertz CT molecular complexity index is 7590. The van der Waals surface area contributed by atoms with Crippen molar-refractivity contribution in [2.24, 2.45) is 0 Å². The highest BCUT2D eigenvalue weighted by atomic mass is 16.3. The number of para-hydroxylation sites is 7. The van der Waals surface area contributed by atoms with E-state index in [1.807, 2.05) is 24.3 Å². The summed E-state index contributed by atoms with van der Waals surface area (Å²) in [7, 11) is 0. The van der Waals surface area contributed by atoms with Crippen LogP contribution in [0.25, 0.3) is 176 Å². The molecule has 0 N–H and O–H groups in total. The van der Waals surface area contributed by atoms with Crippen LogP contribution in [-0.2, 0) is 0 Å². The summed E-state index contributed by atoms with van der Waals surface area (Å²) in [6.45, 7) is 0. The summed E-state index contributed by atoms with van der Waals surface area (Å²) in [5.41, 5.74) is 31.4. The van der Waals surface area contributed by atoms with Crippen LogP contribution in [0.1, 0.15) is 0 Å². The molecule has 0 amide bonds. The van der Waals surface area contributed by atoms with E-state index in [0.29, 0.717) is 0 Å². The number of hydrogen-bond acceptors (Lipinski definition) is 4. The summed E-state index contributed by atoms with van der Waals surface area (Å²) in [5, 5.41) is 12.1. The maximum absolute atomic E-state index is 6.19. The highest BCUT2D eigenvalue weighted by Gasteiger charge is 2.21. The third-order valence-corrected chi connectivity index (χ3v) is 23.4. The van der Waals surface area contributed by atoms with Crippen molar-refractivity contribution in [3.05, 3.63) is 449 Å². The summed E-state index contributed by atoms with van der Waals surface area (Å²) >= 11 is 0. The minimum absolute atomic E-state index is 0.911. The Balaban J connectivity index is 0.000000143. The smallest absolute Gasteiger partial charge is 0.136 e. The van der Waals surface area contributed by atoms with Gasteiger partial charge in [0.25, 0.3) is 0 Å². The molecular weight excluding hydrogens is 1430 g/mol. The minimum Gasteiger partial charge on any atom is -0.456 e. The lowest BCUT2D eigenvalue weighted by molar-refractivity contribution is 0.668. The lowest BCUT2D eigenvalue weighted by Gasteiger charge is -2.27.